The highest BCUT2D eigenvalue weighted by atomic mass is 16.5. The molecule has 0 saturated carbocycles. The Labute approximate surface area is 160 Å². The van der Waals surface area contributed by atoms with Crippen LogP contribution in [0.3, 0.4) is 0 Å². The lowest BCUT2D eigenvalue weighted by atomic mass is 9.96. The van der Waals surface area contributed by atoms with Crippen LogP contribution < -0.4 is 9.30 Å². The van der Waals surface area contributed by atoms with Gasteiger partial charge in [0.1, 0.15) is 22.7 Å². The van der Waals surface area contributed by atoms with E-state index in [1.54, 1.807) is 0 Å². The molecule has 0 spiro atoms. The van der Waals surface area contributed by atoms with Crippen molar-refractivity contribution in [2.45, 2.75) is 33.6 Å². The average molecular weight is 363 g/mol. The zero-order chi connectivity index (χ0) is 19.0. The summed E-state index contributed by atoms with van der Waals surface area (Å²) in [6.07, 6.45) is 2.09. The van der Waals surface area contributed by atoms with Crippen LogP contribution in [0.25, 0.3) is 16.7 Å². The Morgan fingerprint density at radius 3 is 2.70 bits per heavy atom. The second-order valence-corrected chi connectivity index (χ2v) is 7.77. The monoisotopic (exact) mass is 363 g/mol. The maximum absolute atomic E-state index is 9.93. The molecule has 0 bridgehead atoms. The molecule has 3 heterocycles. The maximum atomic E-state index is 9.93. The molecule has 1 N–H and O–H groups in total. The van der Waals surface area contributed by atoms with Crippen LogP contribution in [0.1, 0.15) is 37.0 Å². The molecule has 1 aromatic carbocycles. The van der Waals surface area contributed by atoms with E-state index in [4.69, 9.17) is 4.74 Å². The van der Waals surface area contributed by atoms with Crippen LogP contribution >= 0.6 is 0 Å². The Morgan fingerprint density at radius 2 is 2.00 bits per heavy atom. The van der Waals surface area contributed by atoms with Crippen molar-refractivity contribution in [2.24, 2.45) is 5.92 Å². The number of fused-ring (bicyclic) bond motifs is 3. The molecule has 2 aromatic heterocycles. The van der Waals surface area contributed by atoms with Crippen molar-refractivity contribution in [3.63, 3.8) is 0 Å². The lowest BCUT2D eigenvalue weighted by molar-refractivity contribution is -0.468. The summed E-state index contributed by atoms with van der Waals surface area (Å²) in [5.74, 6) is 1.85. The Bertz CT molecular complexity index is 1020. The van der Waals surface area contributed by atoms with Crippen LogP contribution in [-0.2, 0) is 11.2 Å². The number of benzene rings is 1. The van der Waals surface area contributed by atoms with E-state index in [9.17, 15) is 5.26 Å². The van der Waals surface area contributed by atoms with Crippen molar-refractivity contribution in [1.82, 2.24) is 4.98 Å². The predicted octanol–water partition coefficient (Wildman–Crippen LogP) is 3.51. The molecular formula is C22H27N4O+. The van der Waals surface area contributed by atoms with Crippen LogP contribution in [0.15, 0.2) is 24.3 Å². The van der Waals surface area contributed by atoms with Crippen molar-refractivity contribution < 1.29 is 9.14 Å². The van der Waals surface area contributed by atoms with Gasteiger partial charge in [-0.2, -0.15) is 9.66 Å². The van der Waals surface area contributed by atoms with Crippen molar-refractivity contribution in [1.29, 1.82) is 5.26 Å². The number of imidazole rings is 1. The highest BCUT2D eigenvalue weighted by molar-refractivity contribution is 5.78. The fourth-order valence-electron chi connectivity index (χ4n) is 4.08. The minimum Gasteiger partial charge on any atom is -0.375 e. The third-order valence-corrected chi connectivity index (χ3v) is 5.56. The molecule has 0 aliphatic carbocycles. The fraction of sp³-hybridized carbons (Fsp3) is 0.455. The van der Waals surface area contributed by atoms with Crippen LogP contribution in [0.4, 0.5) is 5.82 Å². The Balaban J connectivity index is 2.07. The van der Waals surface area contributed by atoms with Crippen LogP contribution in [0.2, 0.25) is 0 Å². The van der Waals surface area contributed by atoms with Gasteiger partial charge in [0.05, 0.1) is 26.3 Å². The van der Waals surface area contributed by atoms with E-state index in [1.807, 2.05) is 6.07 Å². The van der Waals surface area contributed by atoms with E-state index in [-0.39, 0.29) is 0 Å². The average Bonchev–Trinajstić information content (AvgIpc) is 3.05. The number of ether oxygens (including phenoxy) is 1. The van der Waals surface area contributed by atoms with Gasteiger partial charge in [0, 0.05) is 5.56 Å². The number of morpholine rings is 1. The van der Waals surface area contributed by atoms with Crippen molar-refractivity contribution in [3.8, 4) is 6.07 Å². The topological polar surface area (TPSA) is 56.1 Å². The number of para-hydroxylation sites is 2. The molecule has 0 radical (unpaired) electrons. The Kier molecular flexibility index (Phi) is 4.75. The molecule has 140 valence electrons. The highest BCUT2D eigenvalue weighted by Gasteiger charge is 2.30. The van der Waals surface area contributed by atoms with Crippen molar-refractivity contribution in [3.05, 3.63) is 41.0 Å². The number of hydrogen-bond acceptors (Lipinski definition) is 3. The van der Waals surface area contributed by atoms with Gasteiger partial charge in [-0.1, -0.05) is 26.0 Å². The Hall–Kier alpha value is -2.58. The van der Waals surface area contributed by atoms with E-state index < -0.39 is 0 Å². The van der Waals surface area contributed by atoms with Gasteiger partial charge in [-0.3, -0.25) is 9.88 Å². The number of nitriles is 1. The standard InChI is InChI=1S/C22H26N4O/c1-15(2)8-9-17-16(3)18(14-23)21-24-19-6-4-5-7-20(19)26(21)22(17)25-10-12-27-13-11-25/h4-7,15H,8-13H2,1-3H3/p+1. The van der Waals surface area contributed by atoms with Crippen molar-refractivity contribution >= 4 is 22.5 Å². The van der Waals surface area contributed by atoms with E-state index in [1.165, 1.54) is 11.4 Å². The Morgan fingerprint density at radius 1 is 1.26 bits per heavy atom. The molecule has 0 unspecified atom stereocenters. The number of aromatic amines is 1. The molecule has 1 aliphatic heterocycles. The molecule has 1 aliphatic rings. The molecule has 5 nitrogen and oxygen atoms in total. The summed E-state index contributed by atoms with van der Waals surface area (Å²) in [6, 6.07) is 10.8. The van der Waals surface area contributed by atoms with Gasteiger partial charge in [0.15, 0.2) is 0 Å². The molecule has 1 saturated heterocycles. The van der Waals surface area contributed by atoms with Crippen molar-refractivity contribution in [2.75, 3.05) is 31.2 Å². The van der Waals surface area contributed by atoms with Crippen LogP contribution in [-0.4, -0.2) is 31.3 Å². The third-order valence-electron chi connectivity index (χ3n) is 5.56. The highest BCUT2D eigenvalue weighted by Crippen LogP contribution is 2.30. The molecular weight excluding hydrogens is 336 g/mol. The number of nitrogens with one attached hydrogen (secondary N) is 1. The fourth-order valence-corrected chi connectivity index (χ4v) is 4.08. The second-order valence-electron chi connectivity index (χ2n) is 7.77. The lowest BCUT2D eigenvalue weighted by Crippen LogP contribution is -2.44. The smallest absolute Gasteiger partial charge is 0.250 e. The number of hydrogen-bond donors (Lipinski definition) is 1. The minimum absolute atomic E-state index is 0.621. The first kappa shape index (κ1) is 17.8. The largest absolute Gasteiger partial charge is 0.375 e. The first-order valence-electron chi connectivity index (χ1n) is 9.82. The summed E-state index contributed by atoms with van der Waals surface area (Å²) >= 11 is 0. The number of H-pyrrole nitrogens is 1. The number of anilines is 1. The first-order chi connectivity index (χ1) is 13.1. The summed E-state index contributed by atoms with van der Waals surface area (Å²) < 4.78 is 7.87. The number of aromatic nitrogens is 2. The lowest BCUT2D eigenvalue weighted by Gasteiger charge is -2.27. The molecule has 3 aromatic rings. The van der Waals surface area contributed by atoms with Gasteiger partial charge in [0.2, 0.25) is 11.5 Å². The van der Waals surface area contributed by atoms with Gasteiger partial charge in [-0.25, -0.2) is 0 Å². The number of nitrogens with zero attached hydrogens (tertiary/aromatic N) is 3. The zero-order valence-electron chi connectivity index (χ0n) is 16.4. The van der Waals surface area contributed by atoms with E-state index in [0.717, 1.165) is 67.0 Å². The summed E-state index contributed by atoms with van der Waals surface area (Å²) in [5.41, 5.74) is 6.23. The molecule has 0 amide bonds. The summed E-state index contributed by atoms with van der Waals surface area (Å²) in [4.78, 5) is 5.92. The molecule has 0 atom stereocenters. The number of pyridine rings is 1. The van der Waals surface area contributed by atoms with Gasteiger partial charge in [0.25, 0.3) is 0 Å². The zero-order valence-corrected chi connectivity index (χ0v) is 16.4. The first-order valence-corrected chi connectivity index (χ1v) is 9.82. The predicted molar refractivity (Wildman–Crippen MR) is 107 cm³/mol. The van der Waals surface area contributed by atoms with E-state index in [0.29, 0.717) is 5.92 Å². The third kappa shape index (κ3) is 3.04. The summed E-state index contributed by atoms with van der Waals surface area (Å²) in [6.45, 7) is 9.85. The minimum atomic E-state index is 0.621. The van der Waals surface area contributed by atoms with Gasteiger partial charge in [-0.15, -0.1) is 0 Å². The quantitative estimate of drug-likeness (QED) is 0.722. The van der Waals surface area contributed by atoms with Crippen LogP contribution in [0.5, 0.6) is 0 Å². The summed E-state index contributed by atoms with van der Waals surface area (Å²) in [7, 11) is 0. The van der Waals surface area contributed by atoms with E-state index in [2.05, 4.69) is 59.3 Å². The summed E-state index contributed by atoms with van der Waals surface area (Å²) in [5, 5.41) is 9.93. The molecule has 1 fully saturated rings. The molecule has 4 rings (SSSR count). The molecule has 27 heavy (non-hydrogen) atoms. The van der Waals surface area contributed by atoms with E-state index >= 15 is 0 Å². The van der Waals surface area contributed by atoms with Gasteiger partial charge in [-0.05, 0) is 43.4 Å². The van der Waals surface area contributed by atoms with Gasteiger partial charge >= 0.3 is 0 Å². The molecule has 5 heteroatoms. The number of rotatable bonds is 4. The maximum Gasteiger partial charge on any atom is 0.250 e. The van der Waals surface area contributed by atoms with Crippen LogP contribution in [0, 0.1) is 24.2 Å². The SMILES string of the molecule is Cc1c(CCC(C)C)c(N2CCOCC2)[n+]2c([nH]c3ccccc32)c1C#N. The second kappa shape index (κ2) is 7.21. The normalized spacial score (nSPS) is 15.0. The van der Waals surface area contributed by atoms with Gasteiger partial charge < -0.3 is 4.74 Å².